The molecule has 1 heterocycles. The molecule has 1 aliphatic rings. The Morgan fingerprint density at radius 3 is 2.32 bits per heavy atom. The third-order valence-corrected chi connectivity index (χ3v) is 6.06. The molecule has 118 valence electrons. The standard InChI is InChI=1S/C19H26N2S/c1-3-5-14-6-8-15(9-7-14)16-10-12-17(13-11-16)19-21-20-18(4-2)22-19/h10-15H,3-9H2,1-2H3. The highest BCUT2D eigenvalue weighted by Gasteiger charge is 2.21. The summed E-state index contributed by atoms with van der Waals surface area (Å²) in [6.45, 7) is 4.44. The Bertz CT molecular complexity index is 580. The molecule has 0 bridgehead atoms. The summed E-state index contributed by atoms with van der Waals surface area (Å²) in [5.74, 6) is 1.75. The van der Waals surface area contributed by atoms with Crippen molar-refractivity contribution in [3.8, 4) is 10.6 Å². The minimum atomic E-state index is 0.766. The van der Waals surface area contributed by atoms with Crippen LogP contribution in [0.3, 0.4) is 0 Å². The smallest absolute Gasteiger partial charge is 0.143 e. The van der Waals surface area contributed by atoms with E-state index in [-0.39, 0.29) is 0 Å². The summed E-state index contributed by atoms with van der Waals surface area (Å²) in [6.07, 6.45) is 9.28. The molecule has 3 rings (SSSR count). The fourth-order valence-corrected chi connectivity index (χ4v) is 4.39. The number of aryl methyl sites for hydroxylation is 1. The Morgan fingerprint density at radius 1 is 1.00 bits per heavy atom. The zero-order valence-corrected chi connectivity index (χ0v) is 14.5. The molecule has 1 aromatic heterocycles. The molecule has 0 radical (unpaired) electrons. The summed E-state index contributed by atoms with van der Waals surface area (Å²) in [7, 11) is 0. The minimum Gasteiger partial charge on any atom is -0.143 e. The van der Waals surface area contributed by atoms with E-state index >= 15 is 0 Å². The first kappa shape index (κ1) is 15.7. The molecule has 0 unspecified atom stereocenters. The van der Waals surface area contributed by atoms with Crippen molar-refractivity contribution in [2.24, 2.45) is 5.92 Å². The number of hydrogen-bond acceptors (Lipinski definition) is 3. The number of rotatable bonds is 5. The van der Waals surface area contributed by atoms with Gasteiger partial charge >= 0.3 is 0 Å². The van der Waals surface area contributed by atoms with Crippen molar-refractivity contribution in [3.63, 3.8) is 0 Å². The average Bonchev–Trinajstić information content (AvgIpc) is 3.05. The second-order valence-electron chi connectivity index (χ2n) is 6.48. The van der Waals surface area contributed by atoms with Crippen LogP contribution in [0.4, 0.5) is 0 Å². The van der Waals surface area contributed by atoms with E-state index in [0.29, 0.717) is 0 Å². The summed E-state index contributed by atoms with van der Waals surface area (Å²) < 4.78 is 0. The molecule has 0 N–H and O–H groups in total. The maximum absolute atomic E-state index is 4.30. The zero-order valence-electron chi connectivity index (χ0n) is 13.7. The lowest BCUT2D eigenvalue weighted by molar-refractivity contribution is 0.308. The fraction of sp³-hybridized carbons (Fsp3) is 0.579. The topological polar surface area (TPSA) is 25.8 Å². The van der Waals surface area contributed by atoms with Crippen molar-refractivity contribution in [1.82, 2.24) is 10.2 Å². The van der Waals surface area contributed by atoms with Crippen molar-refractivity contribution in [3.05, 3.63) is 34.8 Å². The van der Waals surface area contributed by atoms with Crippen molar-refractivity contribution < 1.29 is 0 Å². The Kier molecular flexibility index (Phi) is 5.24. The Labute approximate surface area is 138 Å². The van der Waals surface area contributed by atoms with Crippen LogP contribution in [-0.4, -0.2) is 10.2 Å². The molecular weight excluding hydrogens is 288 g/mol. The zero-order chi connectivity index (χ0) is 15.4. The highest BCUT2D eigenvalue weighted by molar-refractivity contribution is 7.14. The molecule has 0 saturated heterocycles. The largest absolute Gasteiger partial charge is 0.147 e. The fourth-order valence-electron chi connectivity index (χ4n) is 3.60. The number of aromatic nitrogens is 2. The first-order valence-electron chi connectivity index (χ1n) is 8.72. The van der Waals surface area contributed by atoms with E-state index < -0.39 is 0 Å². The molecule has 1 saturated carbocycles. The average molecular weight is 314 g/mol. The summed E-state index contributed by atoms with van der Waals surface area (Å²) in [4.78, 5) is 0. The maximum atomic E-state index is 4.30. The van der Waals surface area contributed by atoms with E-state index in [1.165, 1.54) is 49.7 Å². The minimum absolute atomic E-state index is 0.766. The van der Waals surface area contributed by atoms with Gasteiger partial charge in [-0.25, -0.2) is 0 Å². The number of hydrogen-bond donors (Lipinski definition) is 0. The van der Waals surface area contributed by atoms with Gasteiger partial charge in [0.1, 0.15) is 10.0 Å². The lowest BCUT2D eigenvalue weighted by Gasteiger charge is -2.28. The van der Waals surface area contributed by atoms with Crippen molar-refractivity contribution in [2.75, 3.05) is 0 Å². The SMILES string of the molecule is CCCC1CCC(c2ccc(-c3nnc(CC)s3)cc2)CC1. The van der Waals surface area contributed by atoms with Crippen molar-refractivity contribution in [2.45, 2.75) is 64.7 Å². The van der Waals surface area contributed by atoms with Gasteiger partial charge in [-0.05, 0) is 49.5 Å². The van der Waals surface area contributed by atoms with E-state index in [1.807, 2.05) is 0 Å². The van der Waals surface area contributed by atoms with E-state index in [0.717, 1.165) is 28.3 Å². The molecule has 1 fully saturated rings. The Balaban J connectivity index is 1.64. The molecule has 0 aliphatic heterocycles. The Morgan fingerprint density at radius 2 is 1.73 bits per heavy atom. The van der Waals surface area contributed by atoms with Crippen LogP contribution in [0.1, 0.15) is 68.9 Å². The van der Waals surface area contributed by atoms with Crippen LogP contribution in [0.2, 0.25) is 0 Å². The second-order valence-corrected chi connectivity index (χ2v) is 7.54. The van der Waals surface area contributed by atoms with Gasteiger partial charge in [0.05, 0.1) is 0 Å². The van der Waals surface area contributed by atoms with Gasteiger partial charge in [0, 0.05) is 5.56 Å². The Hall–Kier alpha value is -1.22. The highest BCUT2D eigenvalue weighted by atomic mass is 32.1. The predicted octanol–water partition coefficient (Wildman–Crippen LogP) is 5.84. The van der Waals surface area contributed by atoms with Crippen LogP contribution in [0.5, 0.6) is 0 Å². The van der Waals surface area contributed by atoms with Crippen LogP contribution in [0.15, 0.2) is 24.3 Å². The van der Waals surface area contributed by atoms with Gasteiger partial charge in [-0.3, -0.25) is 0 Å². The monoisotopic (exact) mass is 314 g/mol. The second kappa shape index (κ2) is 7.36. The van der Waals surface area contributed by atoms with Gasteiger partial charge < -0.3 is 0 Å². The lowest BCUT2D eigenvalue weighted by Crippen LogP contribution is -2.13. The molecule has 1 aliphatic carbocycles. The maximum Gasteiger partial charge on any atom is 0.147 e. The van der Waals surface area contributed by atoms with Gasteiger partial charge in [0.2, 0.25) is 0 Å². The molecule has 2 aromatic rings. The molecule has 2 nitrogen and oxygen atoms in total. The lowest BCUT2D eigenvalue weighted by atomic mass is 9.77. The van der Waals surface area contributed by atoms with Gasteiger partial charge in [-0.2, -0.15) is 0 Å². The molecule has 3 heteroatoms. The van der Waals surface area contributed by atoms with Gasteiger partial charge in [-0.15, -0.1) is 10.2 Å². The van der Waals surface area contributed by atoms with Gasteiger partial charge in [0.25, 0.3) is 0 Å². The molecule has 0 atom stereocenters. The van der Waals surface area contributed by atoms with Crippen LogP contribution >= 0.6 is 11.3 Å². The highest BCUT2D eigenvalue weighted by Crippen LogP contribution is 2.38. The predicted molar refractivity (Wildman–Crippen MR) is 94.3 cm³/mol. The van der Waals surface area contributed by atoms with Gasteiger partial charge in [0.15, 0.2) is 0 Å². The normalized spacial score (nSPS) is 21.9. The van der Waals surface area contributed by atoms with E-state index in [1.54, 1.807) is 11.3 Å². The molecule has 0 spiro atoms. The third kappa shape index (κ3) is 3.57. The summed E-state index contributed by atoms with van der Waals surface area (Å²) in [6, 6.07) is 9.08. The van der Waals surface area contributed by atoms with Gasteiger partial charge in [-0.1, -0.05) is 62.3 Å². The van der Waals surface area contributed by atoms with Crippen LogP contribution in [0, 0.1) is 5.92 Å². The molecule has 0 amide bonds. The third-order valence-electron chi connectivity index (χ3n) is 4.94. The van der Waals surface area contributed by atoms with E-state index in [4.69, 9.17) is 0 Å². The quantitative estimate of drug-likeness (QED) is 0.692. The first-order chi connectivity index (χ1) is 10.8. The summed E-state index contributed by atoms with van der Waals surface area (Å²) >= 11 is 1.71. The summed E-state index contributed by atoms with van der Waals surface area (Å²) in [5.41, 5.74) is 2.72. The van der Waals surface area contributed by atoms with E-state index in [9.17, 15) is 0 Å². The molecular formula is C19H26N2S. The van der Waals surface area contributed by atoms with Crippen LogP contribution in [0.25, 0.3) is 10.6 Å². The number of nitrogens with zero attached hydrogens (tertiary/aromatic N) is 2. The van der Waals surface area contributed by atoms with Crippen molar-refractivity contribution >= 4 is 11.3 Å². The first-order valence-corrected chi connectivity index (χ1v) is 9.54. The molecule has 22 heavy (non-hydrogen) atoms. The van der Waals surface area contributed by atoms with Crippen LogP contribution in [-0.2, 0) is 6.42 Å². The summed E-state index contributed by atoms with van der Waals surface area (Å²) in [5, 5.41) is 10.7. The number of benzene rings is 1. The van der Waals surface area contributed by atoms with Crippen LogP contribution < -0.4 is 0 Å². The van der Waals surface area contributed by atoms with Crippen molar-refractivity contribution in [1.29, 1.82) is 0 Å². The molecule has 1 aromatic carbocycles. The van der Waals surface area contributed by atoms with E-state index in [2.05, 4.69) is 48.3 Å².